The van der Waals surface area contributed by atoms with Gasteiger partial charge in [-0.15, -0.1) is 23.4 Å². The first-order valence-electron chi connectivity index (χ1n) is 13.8. The molecule has 2 amide bonds. The van der Waals surface area contributed by atoms with Crippen LogP contribution in [0, 0.1) is 17.8 Å². The minimum Gasteiger partial charge on any atom is -0.466 e. The Hall–Kier alpha value is -2.92. The summed E-state index contributed by atoms with van der Waals surface area (Å²) in [6, 6.07) is 6.86. The Morgan fingerprint density at radius 3 is 2.85 bits per heavy atom. The normalized spacial score (nSPS) is 29.2. The first-order valence-corrected chi connectivity index (χ1v) is 14.7. The van der Waals surface area contributed by atoms with E-state index in [1.54, 1.807) is 39.2 Å². The van der Waals surface area contributed by atoms with Crippen LogP contribution in [0.1, 0.15) is 39.5 Å². The number of unbranched alkanes of at least 4 members (excludes halogenated alkanes) is 2. The molecule has 39 heavy (non-hydrogen) atoms. The largest absolute Gasteiger partial charge is 0.466 e. The number of aliphatic hydroxyl groups excluding tert-OH is 1. The van der Waals surface area contributed by atoms with Crippen LogP contribution in [0.5, 0.6) is 0 Å². The minimum absolute atomic E-state index is 0.0491. The Morgan fingerprint density at radius 2 is 2.10 bits per heavy atom. The van der Waals surface area contributed by atoms with Gasteiger partial charge < -0.3 is 19.6 Å². The van der Waals surface area contributed by atoms with Gasteiger partial charge in [-0.3, -0.25) is 14.4 Å². The van der Waals surface area contributed by atoms with Gasteiger partial charge in [0.2, 0.25) is 11.8 Å². The topological polar surface area (TPSA) is 118 Å². The van der Waals surface area contributed by atoms with Crippen molar-refractivity contribution in [2.45, 2.75) is 62.2 Å². The maximum atomic E-state index is 14.6. The van der Waals surface area contributed by atoms with Crippen molar-refractivity contribution in [3.05, 3.63) is 36.9 Å². The zero-order valence-electron chi connectivity index (χ0n) is 22.6. The van der Waals surface area contributed by atoms with Crippen LogP contribution in [0.4, 0.5) is 0 Å². The molecule has 0 saturated carbocycles. The number of hydrogen-bond acceptors (Lipinski definition) is 8. The lowest BCUT2D eigenvalue weighted by Crippen LogP contribution is -2.57. The molecule has 5 rings (SSSR count). The number of thioether (sulfide) groups is 1. The molecule has 6 atom stereocenters. The van der Waals surface area contributed by atoms with E-state index in [1.807, 2.05) is 24.3 Å². The van der Waals surface area contributed by atoms with Crippen LogP contribution < -0.4 is 0 Å². The second-order valence-corrected chi connectivity index (χ2v) is 12.2. The van der Waals surface area contributed by atoms with E-state index in [0.717, 1.165) is 23.9 Å². The zero-order chi connectivity index (χ0) is 27.7. The minimum atomic E-state index is -0.719. The molecular formula is C28H37N5O5S. The molecule has 1 spiro atoms. The number of amides is 2. The average Bonchev–Trinajstić information content (AvgIpc) is 3.64. The van der Waals surface area contributed by atoms with E-state index in [2.05, 4.69) is 23.8 Å². The third-order valence-electron chi connectivity index (χ3n) is 8.48. The van der Waals surface area contributed by atoms with Crippen molar-refractivity contribution < 1.29 is 24.2 Å². The molecule has 2 bridgehead atoms. The second kappa shape index (κ2) is 11.3. The van der Waals surface area contributed by atoms with Crippen LogP contribution in [0.25, 0.3) is 11.0 Å². The lowest BCUT2D eigenvalue weighted by molar-refractivity contribution is -0.154. The molecule has 1 aromatic heterocycles. The number of para-hydroxylation sites is 1. The van der Waals surface area contributed by atoms with Gasteiger partial charge in [0.1, 0.15) is 18.2 Å². The fourth-order valence-electron chi connectivity index (χ4n) is 6.85. The molecule has 10 nitrogen and oxygen atoms in total. The smallest absolute Gasteiger partial charge is 0.310 e. The van der Waals surface area contributed by atoms with Gasteiger partial charge in [0.15, 0.2) is 0 Å². The Bertz CT molecular complexity index is 1250. The van der Waals surface area contributed by atoms with Crippen LogP contribution in [0.2, 0.25) is 0 Å². The van der Waals surface area contributed by atoms with Crippen molar-refractivity contribution in [2.75, 3.05) is 26.3 Å². The van der Waals surface area contributed by atoms with E-state index in [4.69, 9.17) is 4.74 Å². The van der Waals surface area contributed by atoms with Gasteiger partial charge in [0, 0.05) is 24.9 Å². The van der Waals surface area contributed by atoms with Gasteiger partial charge in [0.05, 0.1) is 28.7 Å². The van der Waals surface area contributed by atoms with E-state index >= 15 is 0 Å². The summed E-state index contributed by atoms with van der Waals surface area (Å²) in [4.78, 5) is 45.2. The molecule has 3 unspecified atom stereocenters. The van der Waals surface area contributed by atoms with Crippen molar-refractivity contribution >= 4 is 40.6 Å². The number of aromatic nitrogens is 3. The molecule has 210 valence electrons. The number of benzene rings is 1. The van der Waals surface area contributed by atoms with Crippen molar-refractivity contribution in [3.8, 4) is 0 Å². The molecule has 3 fully saturated rings. The Kier molecular flexibility index (Phi) is 8.00. The number of ether oxygens (including phenoxy) is 1. The quantitative estimate of drug-likeness (QED) is 0.241. The molecular weight excluding hydrogens is 518 g/mol. The number of rotatable bonds is 12. The number of likely N-dealkylation sites (tertiary alicyclic amines) is 1. The highest BCUT2D eigenvalue weighted by molar-refractivity contribution is 8.02. The molecule has 1 aromatic carbocycles. The number of esters is 1. The lowest BCUT2D eigenvalue weighted by atomic mass is 9.66. The predicted molar refractivity (Wildman–Crippen MR) is 147 cm³/mol. The summed E-state index contributed by atoms with van der Waals surface area (Å²) in [6.07, 6.45) is 4.48. The van der Waals surface area contributed by atoms with Gasteiger partial charge in [-0.25, -0.2) is 4.68 Å². The highest BCUT2D eigenvalue weighted by Crippen LogP contribution is 2.68. The highest BCUT2D eigenvalue weighted by Gasteiger charge is 2.76. The summed E-state index contributed by atoms with van der Waals surface area (Å²) in [6.45, 7) is 8.93. The van der Waals surface area contributed by atoms with Gasteiger partial charge in [-0.05, 0) is 50.7 Å². The van der Waals surface area contributed by atoms with Gasteiger partial charge in [-0.1, -0.05) is 30.3 Å². The summed E-state index contributed by atoms with van der Waals surface area (Å²) in [5.41, 5.74) is 1.55. The van der Waals surface area contributed by atoms with Crippen molar-refractivity contribution in [1.82, 2.24) is 24.8 Å². The molecule has 3 aliphatic heterocycles. The number of hydrogen-bond donors (Lipinski definition) is 1. The highest BCUT2D eigenvalue weighted by atomic mass is 32.2. The van der Waals surface area contributed by atoms with Crippen molar-refractivity contribution in [1.29, 1.82) is 0 Å². The monoisotopic (exact) mass is 555 g/mol. The van der Waals surface area contributed by atoms with Crippen LogP contribution >= 0.6 is 11.8 Å². The predicted octanol–water partition coefficient (Wildman–Crippen LogP) is 2.47. The van der Waals surface area contributed by atoms with Gasteiger partial charge in [0.25, 0.3) is 0 Å². The van der Waals surface area contributed by atoms with Crippen LogP contribution in [-0.4, -0.2) is 90.0 Å². The SMILES string of the molecule is C=CCN(Cn1nnc2ccccc21)C(=O)C1N(CCCCCO)C(=O)[C@@H]2[C@H](C(=O)OCC)[C@@H]3CC(C)C12S3. The number of carbonyl (C=O) groups excluding carboxylic acids is 3. The average molecular weight is 556 g/mol. The summed E-state index contributed by atoms with van der Waals surface area (Å²) in [5, 5.41) is 17.7. The number of aliphatic hydroxyl groups is 1. The first kappa shape index (κ1) is 27.6. The van der Waals surface area contributed by atoms with E-state index in [9.17, 15) is 19.5 Å². The first-order chi connectivity index (χ1) is 18.9. The fourth-order valence-corrected chi connectivity index (χ4v) is 9.25. The molecule has 0 aliphatic carbocycles. The second-order valence-electron chi connectivity index (χ2n) is 10.7. The van der Waals surface area contributed by atoms with Crippen LogP contribution in [0.3, 0.4) is 0 Å². The number of fused-ring (bicyclic) bond motifs is 2. The molecule has 1 N–H and O–H groups in total. The molecule has 2 aromatic rings. The van der Waals surface area contributed by atoms with E-state index < -0.39 is 22.6 Å². The van der Waals surface area contributed by atoms with E-state index in [1.165, 1.54) is 0 Å². The molecule has 4 heterocycles. The maximum Gasteiger partial charge on any atom is 0.310 e. The summed E-state index contributed by atoms with van der Waals surface area (Å²) in [7, 11) is 0. The Balaban J connectivity index is 1.52. The third kappa shape index (κ3) is 4.53. The van der Waals surface area contributed by atoms with Gasteiger partial charge >= 0.3 is 5.97 Å². The Morgan fingerprint density at radius 1 is 1.31 bits per heavy atom. The molecule has 0 radical (unpaired) electrons. The lowest BCUT2D eigenvalue weighted by Gasteiger charge is -2.40. The number of carbonyl (C=O) groups is 3. The fraction of sp³-hybridized carbons (Fsp3) is 0.607. The summed E-state index contributed by atoms with van der Waals surface area (Å²) >= 11 is 1.64. The summed E-state index contributed by atoms with van der Waals surface area (Å²) < 4.78 is 6.41. The summed E-state index contributed by atoms with van der Waals surface area (Å²) in [5.74, 6) is -1.73. The Labute approximate surface area is 232 Å². The standard InChI is InChI=1S/C28H37N5O5S/c1-4-13-31(17-33-20-12-8-7-11-19(20)29-30-33)26(36)24-28-18(3)16-21(39-28)22(27(37)38-5-2)23(28)25(35)32(24)14-9-6-10-15-34/h4,7-8,11-12,18,21-24,34H,1,5-6,9-10,13-17H2,2-3H3/t18?,21-,22+,23-,24?,28?/m0/s1. The van der Waals surface area contributed by atoms with Crippen molar-refractivity contribution in [2.24, 2.45) is 17.8 Å². The number of nitrogens with zero attached hydrogens (tertiary/aromatic N) is 5. The van der Waals surface area contributed by atoms with E-state index in [0.29, 0.717) is 19.4 Å². The zero-order valence-corrected chi connectivity index (χ0v) is 23.4. The van der Waals surface area contributed by atoms with Gasteiger partial charge in [-0.2, -0.15) is 0 Å². The molecule has 11 heteroatoms. The van der Waals surface area contributed by atoms with Crippen LogP contribution in [0.15, 0.2) is 36.9 Å². The molecule has 3 aliphatic rings. The molecule has 3 saturated heterocycles. The van der Waals surface area contributed by atoms with Crippen LogP contribution in [-0.2, 0) is 25.8 Å². The third-order valence-corrected chi connectivity index (χ3v) is 10.6. The van der Waals surface area contributed by atoms with Crippen molar-refractivity contribution in [3.63, 3.8) is 0 Å². The maximum absolute atomic E-state index is 14.6. The van der Waals surface area contributed by atoms with E-state index in [-0.39, 0.29) is 55.4 Å².